The van der Waals surface area contributed by atoms with E-state index in [0.29, 0.717) is 17.0 Å². The van der Waals surface area contributed by atoms with E-state index in [2.05, 4.69) is 15.3 Å². The Labute approximate surface area is 161 Å². The van der Waals surface area contributed by atoms with Gasteiger partial charge in [-0.3, -0.25) is 9.59 Å². The van der Waals surface area contributed by atoms with Crippen LogP contribution in [0.5, 0.6) is 0 Å². The smallest absolute Gasteiger partial charge is 0.316 e. The van der Waals surface area contributed by atoms with Crippen molar-refractivity contribution in [2.24, 2.45) is 0 Å². The number of aliphatic carboxylic acids is 1. The zero-order valence-corrected chi connectivity index (χ0v) is 15.8. The van der Waals surface area contributed by atoms with Crippen LogP contribution in [0.1, 0.15) is 29.5 Å². The molecule has 0 saturated carbocycles. The van der Waals surface area contributed by atoms with Crippen molar-refractivity contribution in [3.05, 3.63) is 59.9 Å². The average Bonchev–Trinajstić information content (AvgIpc) is 3.08. The Morgan fingerprint density at radius 3 is 2.70 bits per heavy atom. The van der Waals surface area contributed by atoms with Gasteiger partial charge < -0.3 is 15.4 Å². The zero-order valence-electron chi connectivity index (χ0n) is 14.9. The number of H-pyrrole nitrogens is 1. The third-order valence-electron chi connectivity index (χ3n) is 4.10. The van der Waals surface area contributed by atoms with Gasteiger partial charge in [0.1, 0.15) is 11.1 Å². The van der Waals surface area contributed by atoms with Gasteiger partial charge in [0.05, 0.1) is 16.6 Å². The fraction of sp³-hybridized carbons (Fsp3) is 0.250. The third kappa shape index (κ3) is 4.89. The van der Waals surface area contributed by atoms with Gasteiger partial charge in [-0.1, -0.05) is 24.3 Å². The van der Waals surface area contributed by atoms with Crippen molar-refractivity contribution in [1.82, 2.24) is 15.3 Å². The normalized spacial score (nSPS) is 12.0. The maximum atomic E-state index is 12.5. The zero-order chi connectivity index (χ0) is 19.2. The molecule has 1 heterocycles. The number of nitrogens with one attached hydrogen (secondary N) is 2. The predicted molar refractivity (Wildman–Crippen MR) is 106 cm³/mol. The topological polar surface area (TPSA) is 95.1 Å². The van der Waals surface area contributed by atoms with E-state index in [1.807, 2.05) is 24.3 Å². The number of carbonyl (C=O) groups is 2. The van der Waals surface area contributed by atoms with E-state index >= 15 is 0 Å². The first-order valence-electron chi connectivity index (χ1n) is 8.75. The van der Waals surface area contributed by atoms with Crippen molar-refractivity contribution < 1.29 is 14.7 Å². The van der Waals surface area contributed by atoms with Crippen LogP contribution >= 0.6 is 11.8 Å². The number of para-hydroxylation sites is 2. The highest BCUT2D eigenvalue weighted by Gasteiger charge is 2.17. The molecule has 0 saturated heterocycles. The van der Waals surface area contributed by atoms with Crippen LogP contribution in [0.3, 0.4) is 0 Å². The first-order chi connectivity index (χ1) is 13.0. The van der Waals surface area contributed by atoms with Crippen molar-refractivity contribution in [3.8, 4) is 0 Å². The molecular formula is C20H21N3O3S. The van der Waals surface area contributed by atoms with Gasteiger partial charge >= 0.3 is 5.97 Å². The Hall–Kier alpha value is -2.80. The van der Waals surface area contributed by atoms with E-state index < -0.39 is 11.2 Å². The van der Waals surface area contributed by atoms with Crippen LogP contribution < -0.4 is 5.32 Å². The molecule has 27 heavy (non-hydrogen) atoms. The number of rotatable bonds is 8. The van der Waals surface area contributed by atoms with Crippen LogP contribution in [0, 0.1) is 0 Å². The summed E-state index contributed by atoms with van der Waals surface area (Å²) in [6, 6.07) is 14.9. The first-order valence-corrected chi connectivity index (χ1v) is 9.63. The minimum absolute atomic E-state index is 0.194. The molecule has 3 N–H and O–H groups in total. The van der Waals surface area contributed by atoms with Gasteiger partial charge in [0.15, 0.2) is 0 Å². The van der Waals surface area contributed by atoms with E-state index in [0.717, 1.165) is 29.7 Å². The highest BCUT2D eigenvalue weighted by Crippen LogP contribution is 2.27. The van der Waals surface area contributed by atoms with E-state index in [9.17, 15) is 9.59 Å². The number of benzene rings is 2. The molecule has 0 spiro atoms. The van der Waals surface area contributed by atoms with Crippen molar-refractivity contribution in [2.45, 2.75) is 29.9 Å². The third-order valence-corrected chi connectivity index (χ3v) is 5.26. The molecule has 0 fully saturated rings. The molecule has 1 amide bonds. The molecule has 3 aromatic rings. The van der Waals surface area contributed by atoms with Crippen molar-refractivity contribution in [3.63, 3.8) is 0 Å². The number of amides is 1. The maximum absolute atomic E-state index is 12.5. The molecule has 0 bridgehead atoms. The monoisotopic (exact) mass is 383 g/mol. The molecule has 0 aliphatic carbocycles. The van der Waals surface area contributed by atoms with E-state index in [1.54, 1.807) is 31.2 Å². The summed E-state index contributed by atoms with van der Waals surface area (Å²) in [6.07, 6.45) is 1.49. The number of imidazole rings is 1. The summed E-state index contributed by atoms with van der Waals surface area (Å²) in [5, 5.41) is 11.4. The fourth-order valence-electron chi connectivity index (χ4n) is 2.67. The summed E-state index contributed by atoms with van der Waals surface area (Å²) in [4.78, 5) is 32.0. The molecule has 3 rings (SSSR count). The molecule has 0 aliphatic heterocycles. The van der Waals surface area contributed by atoms with Gasteiger partial charge in [-0.05, 0) is 37.6 Å². The van der Waals surface area contributed by atoms with Crippen LogP contribution in [0.15, 0.2) is 53.4 Å². The number of fused-ring (bicyclic) bond motifs is 1. The Morgan fingerprint density at radius 1 is 1.19 bits per heavy atom. The summed E-state index contributed by atoms with van der Waals surface area (Å²) in [5.41, 5.74) is 2.45. The van der Waals surface area contributed by atoms with Crippen LogP contribution in [0.2, 0.25) is 0 Å². The van der Waals surface area contributed by atoms with Gasteiger partial charge in [-0.15, -0.1) is 11.8 Å². The minimum atomic E-state index is -0.902. The average molecular weight is 383 g/mol. The minimum Gasteiger partial charge on any atom is -0.480 e. The van der Waals surface area contributed by atoms with Crippen LogP contribution in [-0.4, -0.2) is 38.7 Å². The number of hydrogen-bond acceptors (Lipinski definition) is 4. The summed E-state index contributed by atoms with van der Waals surface area (Å²) < 4.78 is 0. The molecule has 140 valence electrons. The molecule has 7 heteroatoms. The Morgan fingerprint density at radius 2 is 1.93 bits per heavy atom. The lowest BCUT2D eigenvalue weighted by Gasteiger charge is -2.11. The number of carbonyl (C=O) groups excluding carboxylic acids is 1. The molecular weight excluding hydrogens is 362 g/mol. The molecule has 0 radical (unpaired) electrons. The molecule has 1 unspecified atom stereocenters. The summed E-state index contributed by atoms with van der Waals surface area (Å²) in [6.45, 7) is 2.12. The van der Waals surface area contributed by atoms with Gasteiger partial charge in [0.25, 0.3) is 5.91 Å². The van der Waals surface area contributed by atoms with E-state index in [1.165, 1.54) is 11.8 Å². The molecule has 1 atom stereocenters. The molecule has 6 nitrogen and oxygen atoms in total. The van der Waals surface area contributed by atoms with Gasteiger partial charge in [0.2, 0.25) is 0 Å². The number of aryl methyl sites for hydroxylation is 1. The number of hydrogen-bond donors (Lipinski definition) is 3. The molecule has 0 aliphatic rings. The van der Waals surface area contributed by atoms with Crippen LogP contribution in [0.25, 0.3) is 11.0 Å². The lowest BCUT2D eigenvalue weighted by molar-refractivity contribution is -0.136. The fourth-order valence-corrected chi connectivity index (χ4v) is 3.60. The number of aromatic amines is 1. The van der Waals surface area contributed by atoms with Crippen molar-refractivity contribution >= 4 is 34.7 Å². The quantitative estimate of drug-likeness (QED) is 0.409. The first kappa shape index (κ1) is 19.0. The molecule has 2 aromatic carbocycles. The Balaban J connectivity index is 1.54. The highest BCUT2D eigenvalue weighted by atomic mass is 32.2. The maximum Gasteiger partial charge on any atom is 0.316 e. The summed E-state index contributed by atoms with van der Waals surface area (Å²) in [7, 11) is 0. The van der Waals surface area contributed by atoms with E-state index in [4.69, 9.17) is 5.11 Å². The second-order valence-corrected chi connectivity index (χ2v) is 7.54. The van der Waals surface area contributed by atoms with Crippen molar-refractivity contribution in [2.75, 3.05) is 6.54 Å². The molecule has 1 aromatic heterocycles. The van der Waals surface area contributed by atoms with Crippen LogP contribution in [0.4, 0.5) is 0 Å². The Bertz CT molecular complexity index is 921. The van der Waals surface area contributed by atoms with E-state index in [-0.39, 0.29) is 5.91 Å². The highest BCUT2D eigenvalue weighted by molar-refractivity contribution is 8.00. The standard InChI is InChI=1S/C20H21N3O3S/c1-13(20(25)26)27-17-10-5-2-7-14(17)19(24)21-12-6-11-18-22-15-8-3-4-9-16(15)23-18/h2-5,7-10,13H,6,11-12H2,1H3,(H,21,24)(H,22,23)(H,25,26). The van der Waals surface area contributed by atoms with Crippen LogP contribution in [-0.2, 0) is 11.2 Å². The largest absolute Gasteiger partial charge is 0.480 e. The lowest BCUT2D eigenvalue weighted by atomic mass is 10.2. The number of thioether (sulfide) groups is 1. The second-order valence-electron chi connectivity index (χ2n) is 6.15. The number of aromatic nitrogens is 2. The predicted octanol–water partition coefficient (Wildman–Crippen LogP) is 3.49. The summed E-state index contributed by atoms with van der Waals surface area (Å²) >= 11 is 1.17. The second kappa shape index (κ2) is 8.73. The number of nitrogens with zero attached hydrogens (tertiary/aromatic N) is 1. The Kier molecular flexibility index (Phi) is 6.13. The van der Waals surface area contributed by atoms with Gasteiger partial charge in [0, 0.05) is 17.9 Å². The lowest BCUT2D eigenvalue weighted by Crippen LogP contribution is -2.25. The number of carboxylic acid groups (broad SMARTS) is 1. The van der Waals surface area contributed by atoms with Gasteiger partial charge in [-0.25, -0.2) is 4.98 Å². The SMILES string of the molecule is CC(Sc1ccccc1C(=O)NCCCc1nc2ccccc2[nH]1)C(=O)O. The van der Waals surface area contributed by atoms with Crippen molar-refractivity contribution in [1.29, 1.82) is 0 Å². The summed E-state index contributed by atoms with van der Waals surface area (Å²) in [5.74, 6) is -0.196. The van der Waals surface area contributed by atoms with Gasteiger partial charge in [-0.2, -0.15) is 0 Å². The number of carboxylic acids is 1.